The summed E-state index contributed by atoms with van der Waals surface area (Å²) in [5, 5.41) is 18.8. The first-order valence-corrected chi connectivity index (χ1v) is 14.7. The Bertz CT molecular complexity index is 1620. The van der Waals surface area contributed by atoms with Crippen LogP contribution in [-0.2, 0) is 30.3 Å². The second-order valence-corrected chi connectivity index (χ2v) is 11.8. The summed E-state index contributed by atoms with van der Waals surface area (Å²) < 4.78 is 59.6. The minimum absolute atomic E-state index is 0.0204. The second-order valence-electron chi connectivity index (χ2n) is 11.4. The number of amidine groups is 1. The fraction of sp³-hybridized carbons (Fsp3) is 0.433. The van der Waals surface area contributed by atoms with Crippen LogP contribution in [0.3, 0.4) is 0 Å². The molecule has 0 bridgehead atoms. The van der Waals surface area contributed by atoms with Crippen molar-refractivity contribution in [3.05, 3.63) is 76.2 Å². The zero-order valence-corrected chi connectivity index (χ0v) is 24.3. The van der Waals surface area contributed by atoms with Gasteiger partial charge in [0.1, 0.15) is 11.7 Å². The van der Waals surface area contributed by atoms with Crippen LogP contribution in [0.25, 0.3) is 11.4 Å². The number of rotatable bonds is 9. The van der Waals surface area contributed by atoms with E-state index in [9.17, 15) is 22.8 Å². The zero-order chi connectivity index (χ0) is 30.9. The van der Waals surface area contributed by atoms with Gasteiger partial charge in [0.05, 0.1) is 23.3 Å². The number of halogens is 5. The maximum Gasteiger partial charge on any atom is 0.451 e. The van der Waals surface area contributed by atoms with Gasteiger partial charge in [0.25, 0.3) is 0 Å². The highest BCUT2D eigenvalue weighted by Crippen LogP contribution is 2.48. The van der Waals surface area contributed by atoms with E-state index in [1.165, 1.54) is 12.3 Å². The molecule has 6 rings (SSSR count). The van der Waals surface area contributed by atoms with Crippen LogP contribution < -0.4 is 5.32 Å². The highest BCUT2D eigenvalue weighted by molar-refractivity contribution is 6.30. The maximum absolute atomic E-state index is 14.2. The molecule has 0 spiro atoms. The van der Waals surface area contributed by atoms with Crippen LogP contribution in [0.1, 0.15) is 48.3 Å². The lowest BCUT2D eigenvalue weighted by molar-refractivity contribution is -0.144. The fourth-order valence-electron chi connectivity index (χ4n) is 5.41. The topological polar surface area (TPSA) is 115 Å². The van der Waals surface area contributed by atoms with Crippen molar-refractivity contribution in [3.63, 3.8) is 0 Å². The first-order chi connectivity index (χ1) is 21.1. The lowest BCUT2D eigenvalue weighted by Crippen LogP contribution is -2.39. The van der Waals surface area contributed by atoms with Crippen molar-refractivity contribution in [3.8, 4) is 17.5 Å². The number of likely N-dealkylation sites (tertiary alicyclic amines) is 1. The van der Waals surface area contributed by atoms with Crippen LogP contribution in [0.2, 0.25) is 5.02 Å². The number of aromatic amines is 1. The van der Waals surface area contributed by atoms with Gasteiger partial charge in [-0.1, -0.05) is 17.7 Å². The molecule has 1 unspecified atom stereocenters. The predicted molar refractivity (Wildman–Crippen MR) is 154 cm³/mol. The van der Waals surface area contributed by atoms with Crippen LogP contribution in [0.5, 0.6) is 0 Å². The van der Waals surface area contributed by atoms with Crippen molar-refractivity contribution in [1.29, 1.82) is 5.26 Å². The standard InChI is InChI=1S/C30H29ClF4N8O/c31-21-2-1-18(23(32)13-21)12-25-37-8-3-26(39-25)44-22-4-9-43(10-5-22)16-24-19(14-29(17-36)6-7-29)11-20(15-38-24)27-40-28(42-41-27)30(33,34)35/h1-3,8,11,13,15,22,26H,4-7,9-10,12,14,16H2,(H,37,39)(H,40,41,42). The van der Waals surface area contributed by atoms with E-state index in [0.717, 1.165) is 50.0 Å². The first kappa shape index (κ1) is 30.2. The number of aliphatic imine (C=N–C) groups is 1. The average Bonchev–Trinajstić information content (AvgIpc) is 3.57. The van der Waals surface area contributed by atoms with Crippen molar-refractivity contribution in [2.75, 3.05) is 13.1 Å². The number of hydrogen-bond acceptors (Lipinski definition) is 8. The predicted octanol–water partition coefficient (Wildman–Crippen LogP) is 5.59. The number of ether oxygens (including phenoxy) is 1. The molecule has 14 heteroatoms. The van der Waals surface area contributed by atoms with Gasteiger partial charge in [-0.2, -0.15) is 23.5 Å². The summed E-state index contributed by atoms with van der Waals surface area (Å²) in [6.45, 7) is 2.02. The number of nitriles is 1. The number of alkyl halides is 3. The molecule has 230 valence electrons. The molecule has 9 nitrogen and oxygen atoms in total. The number of aromatic nitrogens is 4. The molecule has 44 heavy (non-hydrogen) atoms. The monoisotopic (exact) mass is 628 g/mol. The van der Waals surface area contributed by atoms with E-state index in [1.54, 1.807) is 24.4 Å². The van der Waals surface area contributed by atoms with Crippen molar-refractivity contribution in [1.82, 2.24) is 30.4 Å². The molecular formula is C30H29ClF4N8O. The SMILES string of the molecule is N#CC1(Cc2cc(-c3n[nH]c(C(F)(F)F)n3)cnc2CN2CCC(OC3C=CNC(Cc4ccc(Cl)cc4F)=N3)CC2)CC1. The van der Waals surface area contributed by atoms with Gasteiger partial charge in [-0.25, -0.2) is 14.4 Å². The third-order valence-electron chi connectivity index (χ3n) is 8.10. The molecule has 1 aromatic carbocycles. The molecule has 3 aliphatic rings. The van der Waals surface area contributed by atoms with Gasteiger partial charge in [0.2, 0.25) is 5.82 Å². The molecule has 2 fully saturated rings. The minimum Gasteiger partial charge on any atom is -0.350 e. The van der Waals surface area contributed by atoms with E-state index in [1.807, 2.05) is 11.2 Å². The molecule has 4 heterocycles. The summed E-state index contributed by atoms with van der Waals surface area (Å²) in [5.74, 6) is -1.05. The van der Waals surface area contributed by atoms with Gasteiger partial charge in [0, 0.05) is 49.0 Å². The Balaban J connectivity index is 1.08. The molecule has 2 aromatic heterocycles. The van der Waals surface area contributed by atoms with Gasteiger partial charge in [-0.15, -0.1) is 0 Å². The van der Waals surface area contributed by atoms with Gasteiger partial charge in [0.15, 0.2) is 12.1 Å². The summed E-state index contributed by atoms with van der Waals surface area (Å²) >= 11 is 5.86. The largest absolute Gasteiger partial charge is 0.451 e. The normalized spacial score (nSPS) is 20.2. The van der Waals surface area contributed by atoms with Crippen LogP contribution in [-0.4, -0.2) is 56.3 Å². The molecule has 1 saturated carbocycles. The summed E-state index contributed by atoms with van der Waals surface area (Å²) in [6, 6.07) is 8.71. The highest BCUT2D eigenvalue weighted by atomic mass is 35.5. The van der Waals surface area contributed by atoms with E-state index in [0.29, 0.717) is 35.0 Å². The number of nitrogens with zero attached hydrogens (tertiary/aromatic N) is 6. The van der Waals surface area contributed by atoms with Crippen molar-refractivity contribution in [2.24, 2.45) is 10.4 Å². The molecule has 0 amide bonds. The Labute approximate surface area is 256 Å². The Kier molecular flexibility index (Phi) is 8.41. The minimum atomic E-state index is -4.63. The molecule has 1 aliphatic carbocycles. The molecule has 1 atom stereocenters. The molecule has 2 N–H and O–H groups in total. The third-order valence-corrected chi connectivity index (χ3v) is 8.33. The highest BCUT2D eigenvalue weighted by Gasteiger charge is 2.44. The molecule has 2 aliphatic heterocycles. The van der Waals surface area contributed by atoms with Crippen LogP contribution >= 0.6 is 11.6 Å². The zero-order valence-electron chi connectivity index (χ0n) is 23.5. The van der Waals surface area contributed by atoms with Crippen LogP contribution in [0.15, 0.2) is 47.7 Å². The summed E-state index contributed by atoms with van der Waals surface area (Å²) in [6.07, 6.45) is 3.76. The lowest BCUT2D eigenvalue weighted by Gasteiger charge is -2.33. The quantitative estimate of drug-likeness (QED) is 0.297. The number of pyridine rings is 1. The first-order valence-electron chi connectivity index (χ1n) is 14.3. The number of nitrogens with one attached hydrogen (secondary N) is 2. The van der Waals surface area contributed by atoms with Crippen molar-refractivity contribution in [2.45, 2.75) is 63.6 Å². The molecule has 3 aromatic rings. The number of benzene rings is 1. The molecule has 1 saturated heterocycles. The maximum atomic E-state index is 14.2. The van der Waals surface area contributed by atoms with E-state index in [2.05, 4.69) is 36.3 Å². The van der Waals surface area contributed by atoms with E-state index in [4.69, 9.17) is 16.3 Å². The van der Waals surface area contributed by atoms with Crippen LogP contribution in [0, 0.1) is 22.6 Å². The van der Waals surface area contributed by atoms with E-state index >= 15 is 0 Å². The van der Waals surface area contributed by atoms with Crippen LogP contribution in [0.4, 0.5) is 17.6 Å². The molecule has 0 radical (unpaired) electrons. The Morgan fingerprint density at radius 3 is 2.64 bits per heavy atom. The van der Waals surface area contributed by atoms with Crippen molar-refractivity contribution >= 4 is 17.4 Å². The Hall–Kier alpha value is -3.86. The summed E-state index contributed by atoms with van der Waals surface area (Å²) in [4.78, 5) is 15.1. The number of piperidine rings is 1. The fourth-order valence-corrected chi connectivity index (χ4v) is 5.57. The third kappa shape index (κ3) is 7.09. The Morgan fingerprint density at radius 2 is 1.95 bits per heavy atom. The lowest BCUT2D eigenvalue weighted by atomic mass is 9.95. The van der Waals surface area contributed by atoms with Gasteiger partial charge >= 0.3 is 6.18 Å². The Morgan fingerprint density at radius 1 is 1.16 bits per heavy atom. The smallest absolute Gasteiger partial charge is 0.350 e. The van der Waals surface area contributed by atoms with Gasteiger partial charge in [-0.3, -0.25) is 15.0 Å². The van der Waals surface area contributed by atoms with Gasteiger partial charge < -0.3 is 10.1 Å². The summed E-state index contributed by atoms with van der Waals surface area (Å²) in [5.41, 5.74) is 1.99. The van der Waals surface area contributed by atoms with E-state index in [-0.39, 0.29) is 24.2 Å². The van der Waals surface area contributed by atoms with Gasteiger partial charge in [-0.05, 0) is 67.5 Å². The van der Waals surface area contributed by atoms with E-state index < -0.39 is 23.6 Å². The average molecular weight is 629 g/mol. The van der Waals surface area contributed by atoms with Crippen molar-refractivity contribution < 1.29 is 22.3 Å². The molecular weight excluding hydrogens is 600 g/mol. The second kappa shape index (κ2) is 12.3. The summed E-state index contributed by atoms with van der Waals surface area (Å²) in [7, 11) is 0. The number of H-pyrrole nitrogens is 1. The number of hydrogen-bond donors (Lipinski definition) is 2.